The Kier molecular flexibility index (Phi) is 1.73. The van der Waals surface area contributed by atoms with Crippen molar-refractivity contribution in [1.82, 2.24) is 0 Å². The van der Waals surface area contributed by atoms with Crippen LogP contribution in [0.4, 0.5) is 0 Å². The fourth-order valence-electron chi connectivity index (χ4n) is 1.61. The Balaban J connectivity index is 2.36. The third-order valence-corrected chi connectivity index (χ3v) is 2.38. The van der Waals surface area contributed by atoms with Crippen molar-refractivity contribution in [3.8, 4) is 11.5 Å². The number of carbonyl (C=O) groups excluding carboxylic acids is 1. The molecule has 16 heavy (non-hydrogen) atoms. The van der Waals surface area contributed by atoms with Crippen molar-refractivity contribution in [3.63, 3.8) is 0 Å². The molecule has 3 rings (SSSR count). The van der Waals surface area contributed by atoms with E-state index in [1.54, 1.807) is 12.1 Å². The van der Waals surface area contributed by atoms with E-state index in [9.17, 15) is 9.59 Å². The fraction of sp³-hybridized carbons (Fsp3) is 0.0909. The molecule has 2 heterocycles. The first kappa shape index (κ1) is 8.96. The highest BCUT2D eigenvalue weighted by Gasteiger charge is 2.16. The molecule has 0 atom stereocenters. The van der Waals surface area contributed by atoms with Crippen molar-refractivity contribution in [2.24, 2.45) is 0 Å². The zero-order chi connectivity index (χ0) is 11.1. The summed E-state index contributed by atoms with van der Waals surface area (Å²) in [5, 5.41) is 0.631. The van der Waals surface area contributed by atoms with Gasteiger partial charge in [0.15, 0.2) is 17.8 Å². The number of hydrogen-bond donors (Lipinski definition) is 0. The van der Waals surface area contributed by atoms with E-state index in [1.165, 1.54) is 6.07 Å². The first-order valence-corrected chi connectivity index (χ1v) is 4.60. The maximum Gasteiger partial charge on any atom is 0.346 e. The maximum absolute atomic E-state index is 11.3. The molecule has 0 bridgehead atoms. The van der Waals surface area contributed by atoms with E-state index in [4.69, 9.17) is 13.9 Å². The molecule has 0 spiro atoms. The van der Waals surface area contributed by atoms with Gasteiger partial charge in [-0.05, 0) is 12.1 Å². The van der Waals surface area contributed by atoms with Crippen molar-refractivity contribution in [3.05, 3.63) is 34.2 Å². The summed E-state index contributed by atoms with van der Waals surface area (Å²) in [4.78, 5) is 21.9. The molecule has 5 nitrogen and oxygen atoms in total. The lowest BCUT2D eigenvalue weighted by atomic mass is 10.2. The quantitative estimate of drug-likeness (QED) is 0.533. The summed E-state index contributed by atoms with van der Waals surface area (Å²) in [5.74, 6) is 1.12. The molecular formula is C11H6O5. The molecule has 80 valence electrons. The van der Waals surface area contributed by atoms with Crippen molar-refractivity contribution < 1.29 is 18.7 Å². The van der Waals surface area contributed by atoms with Gasteiger partial charge in [0, 0.05) is 11.5 Å². The standard InChI is InChI=1S/C11H6O5/c12-4-7-1-6-2-9-10(15-5-14-9)3-8(6)16-11(7)13/h1-4H,5H2. The lowest BCUT2D eigenvalue weighted by molar-refractivity contribution is 0.112. The van der Waals surface area contributed by atoms with Gasteiger partial charge in [-0.1, -0.05) is 0 Å². The van der Waals surface area contributed by atoms with Crippen LogP contribution in [0.2, 0.25) is 0 Å². The minimum Gasteiger partial charge on any atom is -0.454 e. The van der Waals surface area contributed by atoms with Gasteiger partial charge in [0.2, 0.25) is 6.79 Å². The largest absolute Gasteiger partial charge is 0.454 e. The number of ether oxygens (including phenoxy) is 2. The number of fused-ring (bicyclic) bond motifs is 2. The van der Waals surface area contributed by atoms with Gasteiger partial charge < -0.3 is 13.9 Å². The second kappa shape index (κ2) is 3.10. The molecule has 2 aromatic rings. The van der Waals surface area contributed by atoms with Gasteiger partial charge in [-0.15, -0.1) is 0 Å². The first-order chi connectivity index (χ1) is 7.78. The average molecular weight is 218 g/mol. The molecule has 0 fully saturated rings. The Morgan fingerprint density at radius 1 is 1.12 bits per heavy atom. The number of aldehydes is 1. The molecule has 0 unspecified atom stereocenters. The van der Waals surface area contributed by atoms with Crippen LogP contribution in [0.5, 0.6) is 11.5 Å². The molecule has 1 aliphatic rings. The van der Waals surface area contributed by atoms with Crippen LogP contribution in [0.15, 0.2) is 27.4 Å². The monoisotopic (exact) mass is 218 g/mol. The summed E-state index contributed by atoms with van der Waals surface area (Å²) in [6.07, 6.45) is 0.468. The lowest BCUT2D eigenvalue weighted by Crippen LogP contribution is -2.05. The zero-order valence-corrected chi connectivity index (χ0v) is 8.06. The summed E-state index contributed by atoms with van der Waals surface area (Å²) in [5.41, 5.74) is -0.285. The highest BCUT2D eigenvalue weighted by molar-refractivity contribution is 5.86. The summed E-state index contributed by atoms with van der Waals surface area (Å²) in [7, 11) is 0. The molecular weight excluding hydrogens is 212 g/mol. The van der Waals surface area contributed by atoms with Crippen LogP contribution in [0.1, 0.15) is 10.4 Å². The molecule has 0 saturated heterocycles. The lowest BCUT2D eigenvalue weighted by Gasteiger charge is -1.99. The molecule has 0 saturated carbocycles. The number of carbonyl (C=O) groups is 1. The minimum atomic E-state index is -0.652. The number of hydrogen-bond acceptors (Lipinski definition) is 5. The van der Waals surface area contributed by atoms with E-state index >= 15 is 0 Å². The van der Waals surface area contributed by atoms with E-state index in [2.05, 4.69) is 0 Å². The molecule has 1 aromatic carbocycles. The van der Waals surface area contributed by atoms with E-state index in [-0.39, 0.29) is 12.4 Å². The fourth-order valence-corrected chi connectivity index (χ4v) is 1.61. The van der Waals surface area contributed by atoms with E-state index in [0.717, 1.165) is 0 Å². The van der Waals surface area contributed by atoms with Crippen LogP contribution in [-0.4, -0.2) is 13.1 Å². The van der Waals surface area contributed by atoms with Crippen LogP contribution in [0.3, 0.4) is 0 Å². The maximum atomic E-state index is 11.3. The van der Waals surface area contributed by atoms with Crippen molar-refractivity contribution >= 4 is 17.3 Å². The molecule has 0 radical (unpaired) electrons. The van der Waals surface area contributed by atoms with Gasteiger partial charge in [-0.3, -0.25) is 4.79 Å². The normalized spacial score (nSPS) is 13.0. The van der Waals surface area contributed by atoms with E-state index in [1.807, 2.05) is 0 Å². The van der Waals surface area contributed by atoms with Gasteiger partial charge in [0.25, 0.3) is 0 Å². The first-order valence-electron chi connectivity index (χ1n) is 4.60. The average Bonchev–Trinajstić information content (AvgIpc) is 2.72. The topological polar surface area (TPSA) is 65.7 Å². The highest BCUT2D eigenvalue weighted by Crippen LogP contribution is 2.35. The molecule has 0 aliphatic carbocycles. The van der Waals surface area contributed by atoms with Gasteiger partial charge in [-0.2, -0.15) is 0 Å². The second-order valence-electron chi connectivity index (χ2n) is 3.35. The Morgan fingerprint density at radius 3 is 2.62 bits per heavy atom. The second-order valence-corrected chi connectivity index (χ2v) is 3.35. The molecule has 0 amide bonds. The highest BCUT2D eigenvalue weighted by atomic mass is 16.7. The molecule has 0 N–H and O–H groups in total. The summed E-state index contributed by atoms with van der Waals surface area (Å²) >= 11 is 0. The Bertz CT molecular complexity index is 641. The van der Waals surface area contributed by atoms with Crippen molar-refractivity contribution in [2.45, 2.75) is 0 Å². The van der Waals surface area contributed by atoms with E-state index < -0.39 is 5.63 Å². The molecule has 5 heteroatoms. The van der Waals surface area contributed by atoms with Crippen LogP contribution in [0, 0.1) is 0 Å². The number of benzene rings is 1. The van der Waals surface area contributed by atoms with Gasteiger partial charge in [-0.25, -0.2) is 4.79 Å². The summed E-state index contributed by atoms with van der Waals surface area (Å²) in [6.45, 7) is 0.149. The minimum absolute atomic E-state index is 0.00800. The van der Waals surface area contributed by atoms with Crippen molar-refractivity contribution in [1.29, 1.82) is 0 Å². The van der Waals surface area contributed by atoms with Crippen LogP contribution in [-0.2, 0) is 0 Å². The predicted molar refractivity (Wildman–Crippen MR) is 54.0 cm³/mol. The van der Waals surface area contributed by atoms with E-state index in [0.29, 0.717) is 28.8 Å². The third-order valence-electron chi connectivity index (χ3n) is 2.38. The smallest absolute Gasteiger partial charge is 0.346 e. The third kappa shape index (κ3) is 1.18. The zero-order valence-electron chi connectivity index (χ0n) is 8.06. The van der Waals surface area contributed by atoms with Gasteiger partial charge in [0.05, 0.1) is 0 Å². The Labute approximate surface area is 89.2 Å². The Hall–Kier alpha value is -2.30. The number of rotatable bonds is 1. The van der Waals surface area contributed by atoms with Gasteiger partial charge >= 0.3 is 5.63 Å². The predicted octanol–water partition coefficient (Wildman–Crippen LogP) is 1.33. The SMILES string of the molecule is O=Cc1cc2cc3c(cc2oc1=O)OCO3. The van der Waals surface area contributed by atoms with Gasteiger partial charge in [0.1, 0.15) is 11.1 Å². The summed E-state index contributed by atoms with van der Waals surface area (Å²) < 4.78 is 15.3. The molecule has 1 aromatic heterocycles. The van der Waals surface area contributed by atoms with Crippen LogP contribution < -0.4 is 15.1 Å². The molecule has 1 aliphatic heterocycles. The van der Waals surface area contributed by atoms with Crippen LogP contribution >= 0.6 is 0 Å². The van der Waals surface area contributed by atoms with Crippen LogP contribution in [0.25, 0.3) is 11.0 Å². The summed E-state index contributed by atoms with van der Waals surface area (Å²) in [6, 6.07) is 4.72. The van der Waals surface area contributed by atoms with Crippen molar-refractivity contribution in [2.75, 3.05) is 6.79 Å². The Morgan fingerprint density at radius 2 is 1.88 bits per heavy atom.